The Morgan fingerprint density at radius 1 is 1.52 bits per heavy atom. The highest BCUT2D eigenvalue weighted by molar-refractivity contribution is 9.10. The quantitative estimate of drug-likeness (QED) is 0.862. The van der Waals surface area contributed by atoms with Gasteiger partial charge in [-0.2, -0.15) is 5.10 Å². The van der Waals surface area contributed by atoms with Gasteiger partial charge in [0.2, 0.25) is 0 Å². The number of likely N-dealkylation sites (N-methyl/N-ethyl adjacent to an activating group) is 1. The minimum absolute atomic E-state index is 0.0462. The zero-order valence-electron chi connectivity index (χ0n) is 12.3. The number of aromatic nitrogens is 2. The average Bonchev–Trinajstić information content (AvgIpc) is 2.97. The fourth-order valence-corrected chi connectivity index (χ4v) is 2.28. The molecule has 2 aromatic heterocycles. The zero-order valence-corrected chi connectivity index (χ0v) is 13.9. The lowest BCUT2D eigenvalue weighted by Gasteiger charge is -2.15. The molecule has 6 nitrogen and oxygen atoms in total. The molecule has 2 aromatic rings. The third-order valence-corrected chi connectivity index (χ3v) is 3.85. The molecule has 2 rings (SSSR count). The first kappa shape index (κ1) is 15.8. The summed E-state index contributed by atoms with van der Waals surface area (Å²) >= 11 is 3.35. The molecule has 0 saturated carbocycles. The van der Waals surface area contributed by atoms with Crippen molar-refractivity contribution in [2.75, 3.05) is 26.0 Å². The number of hydrogen-bond donors (Lipinski definition) is 1. The molecule has 1 unspecified atom stereocenters. The number of furan rings is 1. The molecular formula is C14H19BrN4O2. The van der Waals surface area contributed by atoms with E-state index in [0.29, 0.717) is 16.7 Å². The Labute approximate surface area is 131 Å². The molecule has 0 radical (unpaired) electrons. The lowest BCUT2D eigenvalue weighted by Crippen LogP contribution is -2.29. The molecule has 0 amide bonds. The largest absolute Gasteiger partial charge is 0.467 e. The Hall–Kier alpha value is -1.60. The van der Waals surface area contributed by atoms with Gasteiger partial charge in [-0.3, -0.25) is 4.79 Å². The maximum absolute atomic E-state index is 12.2. The number of nitrogens with one attached hydrogen (secondary N) is 1. The van der Waals surface area contributed by atoms with Crippen molar-refractivity contribution in [1.82, 2.24) is 14.7 Å². The fraction of sp³-hybridized carbons (Fsp3) is 0.429. The van der Waals surface area contributed by atoms with Crippen molar-refractivity contribution in [1.29, 1.82) is 0 Å². The number of rotatable bonds is 6. The first-order valence-corrected chi connectivity index (χ1v) is 7.48. The van der Waals surface area contributed by atoms with Gasteiger partial charge in [0.1, 0.15) is 10.2 Å². The smallest absolute Gasteiger partial charge is 0.283 e. The number of hydrogen-bond acceptors (Lipinski definition) is 5. The molecule has 0 aliphatic carbocycles. The first-order valence-electron chi connectivity index (χ1n) is 6.69. The van der Waals surface area contributed by atoms with E-state index in [-0.39, 0.29) is 11.6 Å². The van der Waals surface area contributed by atoms with E-state index in [0.717, 1.165) is 12.3 Å². The molecule has 0 aliphatic heterocycles. The van der Waals surface area contributed by atoms with Crippen LogP contribution in [0.2, 0.25) is 0 Å². The van der Waals surface area contributed by atoms with Crippen LogP contribution in [0.1, 0.15) is 18.7 Å². The minimum atomic E-state index is -0.145. The summed E-state index contributed by atoms with van der Waals surface area (Å²) in [6.45, 7) is 3.27. The second kappa shape index (κ2) is 6.91. The molecule has 0 bridgehead atoms. The second-order valence-corrected chi connectivity index (χ2v) is 5.88. The van der Waals surface area contributed by atoms with Crippen molar-refractivity contribution in [2.24, 2.45) is 0 Å². The fourth-order valence-electron chi connectivity index (χ4n) is 1.86. The zero-order chi connectivity index (χ0) is 15.4. The maximum atomic E-state index is 12.2. The van der Waals surface area contributed by atoms with Gasteiger partial charge in [-0.1, -0.05) is 0 Å². The predicted octanol–water partition coefficient (Wildman–Crippen LogP) is 2.33. The summed E-state index contributed by atoms with van der Waals surface area (Å²) in [5.74, 6) is 0.804. The SMILES string of the molecule is CC(Nc1cnn(CCN(C)C)c(=O)c1Br)c1ccco1. The molecule has 1 N–H and O–H groups in total. The summed E-state index contributed by atoms with van der Waals surface area (Å²) in [5, 5.41) is 7.42. The normalized spacial score (nSPS) is 12.6. The second-order valence-electron chi connectivity index (χ2n) is 5.09. The molecular weight excluding hydrogens is 336 g/mol. The minimum Gasteiger partial charge on any atom is -0.467 e. The molecule has 2 heterocycles. The lowest BCUT2D eigenvalue weighted by atomic mass is 10.2. The van der Waals surface area contributed by atoms with Crippen LogP contribution in [-0.2, 0) is 6.54 Å². The molecule has 0 fully saturated rings. The van der Waals surface area contributed by atoms with Crippen molar-refractivity contribution in [2.45, 2.75) is 19.5 Å². The van der Waals surface area contributed by atoms with Crippen LogP contribution in [0.25, 0.3) is 0 Å². The monoisotopic (exact) mass is 354 g/mol. The van der Waals surface area contributed by atoms with Crippen molar-refractivity contribution >= 4 is 21.6 Å². The highest BCUT2D eigenvalue weighted by atomic mass is 79.9. The van der Waals surface area contributed by atoms with E-state index >= 15 is 0 Å². The van der Waals surface area contributed by atoms with Gasteiger partial charge < -0.3 is 14.6 Å². The van der Waals surface area contributed by atoms with Gasteiger partial charge in [-0.05, 0) is 49.1 Å². The Morgan fingerprint density at radius 3 is 2.90 bits per heavy atom. The molecule has 114 valence electrons. The van der Waals surface area contributed by atoms with E-state index in [1.807, 2.05) is 38.1 Å². The third-order valence-electron chi connectivity index (χ3n) is 3.09. The topological polar surface area (TPSA) is 63.3 Å². The Morgan fingerprint density at radius 2 is 2.29 bits per heavy atom. The van der Waals surface area contributed by atoms with Crippen LogP contribution >= 0.6 is 15.9 Å². The Balaban J connectivity index is 2.15. The third kappa shape index (κ3) is 3.95. The van der Waals surface area contributed by atoms with Crippen molar-refractivity contribution in [3.8, 4) is 0 Å². The Bertz CT molecular complexity index is 637. The maximum Gasteiger partial charge on any atom is 0.283 e. The van der Waals surface area contributed by atoms with Gasteiger partial charge in [0.15, 0.2) is 0 Å². The van der Waals surface area contributed by atoms with Gasteiger partial charge in [-0.15, -0.1) is 0 Å². The highest BCUT2D eigenvalue weighted by Crippen LogP contribution is 2.23. The molecule has 0 saturated heterocycles. The molecule has 0 aliphatic rings. The molecule has 1 atom stereocenters. The molecule has 21 heavy (non-hydrogen) atoms. The summed E-state index contributed by atoms with van der Waals surface area (Å²) < 4.78 is 7.27. The lowest BCUT2D eigenvalue weighted by molar-refractivity contribution is 0.367. The van der Waals surface area contributed by atoms with E-state index in [1.54, 1.807) is 12.5 Å². The first-order chi connectivity index (χ1) is 9.99. The van der Waals surface area contributed by atoms with Crippen LogP contribution < -0.4 is 10.9 Å². The van der Waals surface area contributed by atoms with E-state index in [2.05, 4.69) is 26.3 Å². The number of nitrogens with zero attached hydrogens (tertiary/aromatic N) is 3. The highest BCUT2D eigenvalue weighted by Gasteiger charge is 2.13. The van der Waals surface area contributed by atoms with E-state index in [4.69, 9.17) is 4.42 Å². The van der Waals surface area contributed by atoms with Crippen LogP contribution in [-0.4, -0.2) is 35.3 Å². The van der Waals surface area contributed by atoms with E-state index in [9.17, 15) is 4.79 Å². The Kier molecular flexibility index (Phi) is 5.19. The number of halogens is 1. The summed E-state index contributed by atoms with van der Waals surface area (Å²) in [7, 11) is 3.92. The van der Waals surface area contributed by atoms with Crippen molar-refractivity contribution < 1.29 is 4.42 Å². The molecule has 0 aromatic carbocycles. The molecule has 7 heteroatoms. The van der Waals surface area contributed by atoms with Gasteiger partial charge in [0.05, 0.1) is 30.7 Å². The van der Waals surface area contributed by atoms with Gasteiger partial charge in [0, 0.05) is 6.54 Å². The average molecular weight is 355 g/mol. The predicted molar refractivity (Wildman–Crippen MR) is 85.5 cm³/mol. The van der Waals surface area contributed by atoms with E-state index in [1.165, 1.54) is 4.68 Å². The molecule has 0 spiro atoms. The van der Waals surface area contributed by atoms with E-state index < -0.39 is 0 Å². The van der Waals surface area contributed by atoms with Gasteiger partial charge >= 0.3 is 0 Å². The van der Waals surface area contributed by atoms with Crippen molar-refractivity contribution in [3.63, 3.8) is 0 Å². The van der Waals surface area contributed by atoms with Crippen LogP contribution in [0.3, 0.4) is 0 Å². The van der Waals surface area contributed by atoms with Crippen LogP contribution in [0, 0.1) is 0 Å². The van der Waals surface area contributed by atoms with Gasteiger partial charge in [0.25, 0.3) is 5.56 Å². The number of anilines is 1. The van der Waals surface area contributed by atoms with Gasteiger partial charge in [-0.25, -0.2) is 4.68 Å². The van der Waals surface area contributed by atoms with Crippen LogP contribution in [0.5, 0.6) is 0 Å². The summed E-state index contributed by atoms with van der Waals surface area (Å²) in [6, 6.07) is 3.67. The van der Waals surface area contributed by atoms with Crippen molar-refractivity contribution in [3.05, 3.63) is 45.2 Å². The van der Waals surface area contributed by atoms with Crippen LogP contribution in [0.4, 0.5) is 5.69 Å². The summed E-state index contributed by atoms with van der Waals surface area (Å²) in [6.07, 6.45) is 3.28. The summed E-state index contributed by atoms with van der Waals surface area (Å²) in [4.78, 5) is 14.2. The van der Waals surface area contributed by atoms with Crippen LogP contribution in [0.15, 0.2) is 38.3 Å². The summed E-state index contributed by atoms with van der Waals surface area (Å²) in [5.41, 5.74) is 0.512. The standard InChI is InChI=1S/C14H19BrN4O2/c1-10(12-5-4-8-21-12)17-11-9-16-19(7-6-18(2)3)14(20)13(11)15/h4-5,8-10,17H,6-7H2,1-3H3.